The van der Waals surface area contributed by atoms with Gasteiger partial charge in [0.05, 0.1) is 10.7 Å². The minimum Gasteiger partial charge on any atom is -0.399 e. The summed E-state index contributed by atoms with van der Waals surface area (Å²) in [6.45, 7) is 13.1. The lowest BCUT2D eigenvalue weighted by Crippen LogP contribution is -2.34. The minimum atomic E-state index is -1.45. The molecule has 0 bridgehead atoms. The molecule has 1 N–H and O–H groups in total. The highest BCUT2D eigenvalue weighted by Crippen LogP contribution is 2.39. The average molecular weight is 900 g/mol. The van der Waals surface area contributed by atoms with Crippen LogP contribution in [0.15, 0.2) is 139 Å². The molecule has 0 saturated carbocycles. The fourth-order valence-electron chi connectivity index (χ4n) is 7.31. The summed E-state index contributed by atoms with van der Waals surface area (Å²) in [6, 6.07) is 32.6. The van der Waals surface area contributed by atoms with Gasteiger partial charge in [0.2, 0.25) is 0 Å². The van der Waals surface area contributed by atoms with Crippen molar-refractivity contribution >= 4 is 52.1 Å². The molecule has 6 aromatic rings. The molecule has 2 unspecified atom stereocenters. The Labute approximate surface area is 381 Å². The molecule has 2 atom stereocenters. The zero-order valence-corrected chi connectivity index (χ0v) is 38.6. The summed E-state index contributed by atoms with van der Waals surface area (Å²) in [5.41, 5.74) is 6.03. The van der Waals surface area contributed by atoms with Crippen LogP contribution in [0.1, 0.15) is 85.9 Å². The Morgan fingerprint density at radius 2 is 1.38 bits per heavy atom. The third-order valence-electron chi connectivity index (χ3n) is 10.5. The number of aromatic nitrogens is 3. The molecule has 4 aromatic carbocycles. The number of benzene rings is 4. The lowest BCUT2D eigenvalue weighted by molar-refractivity contribution is 0.125. The van der Waals surface area contributed by atoms with Crippen LogP contribution in [0.3, 0.4) is 0 Å². The van der Waals surface area contributed by atoms with Gasteiger partial charge >= 0.3 is 0 Å². The van der Waals surface area contributed by atoms with Crippen molar-refractivity contribution in [2.75, 3.05) is 26.7 Å². The fraction of sp³-hybridized carbons (Fsp3) is 0.320. The maximum Gasteiger partial charge on any atom is 0.144 e. The maximum absolute atomic E-state index is 11.5. The topological polar surface area (TPSA) is 83.7 Å². The van der Waals surface area contributed by atoms with Crippen LogP contribution in [0.5, 0.6) is 0 Å². The molecule has 320 valence electrons. The van der Waals surface area contributed by atoms with Gasteiger partial charge in [-0.05, 0) is 102 Å². The lowest BCUT2D eigenvalue weighted by atomic mass is 9.81. The maximum atomic E-state index is 11.5. The molecule has 61 heavy (non-hydrogen) atoms. The van der Waals surface area contributed by atoms with Gasteiger partial charge in [-0.2, -0.15) is 0 Å². The molecule has 1 fully saturated rings. The Bertz CT molecular complexity index is 2270. The Morgan fingerprint density at radius 3 is 1.98 bits per heavy atom. The first-order valence-electron chi connectivity index (χ1n) is 20.5. The Hall–Kier alpha value is -4.34. The third-order valence-corrected chi connectivity index (χ3v) is 11.6. The summed E-state index contributed by atoms with van der Waals surface area (Å²) in [5, 5.41) is 17.7. The standard InChI is InChI=1S/C19H31N.C17H12Cl2N2O.C14H12Cl2N2O/c1-16(15-20-12-6-5-7-13-20)14-17-8-10-18(11-9-17)19(2,3)4;18-14-7-5-12(6-8-14)17(22,13-9-20-11-21-10-13)15-3-1-2-4-16(15)19;1-19-18-14(7-10-3-2-6-17-9-10)12-5-4-11(15)8-13(12)16/h8-11,16H,5-7,12-15H2,1-4H3;1-11,22H;2-6,8-9H,7H2,1H3. The quantitative estimate of drug-likeness (QED) is 0.103. The predicted octanol–water partition coefficient (Wildman–Crippen LogP) is 12.7. The van der Waals surface area contributed by atoms with Gasteiger partial charge in [-0.1, -0.05) is 152 Å². The van der Waals surface area contributed by atoms with Crippen LogP contribution in [-0.4, -0.2) is 57.4 Å². The number of aliphatic hydroxyl groups is 1. The van der Waals surface area contributed by atoms with Gasteiger partial charge in [-0.15, -0.1) is 0 Å². The molecule has 1 aliphatic heterocycles. The summed E-state index contributed by atoms with van der Waals surface area (Å²) in [5.74, 6) is 0.758. The van der Waals surface area contributed by atoms with Gasteiger partial charge in [0.25, 0.3) is 0 Å². The van der Waals surface area contributed by atoms with Crippen LogP contribution in [0.25, 0.3) is 0 Å². The number of piperidine rings is 1. The third kappa shape index (κ3) is 14.1. The van der Waals surface area contributed by atoms with Crippen LogP contribution in [0.4, 0.5) is 0 Å². The number of halogens is 4. The zero-order valence-electron chi connectivity index (χ0n) is 35.5. The van der Waals surface area contributed by atoms with Crippen molar-refractivity contribution in [3.63, 3.8) is 0 Å². The van der Waals surface area contributed by atoms with Crippen molar-refractivity contribution in [3.8, 4) is 0 Å². The second-order valence-electron chi connectivity index (χ2n) is 16.3. The monoisotopic (exact) mass is 897 g/mol. The van der Waals surface area contributed by atoms with Gasteiger partial charge in [-0.25, -0.2) is 9.97 Å². The van der Waals surface area contributed by atoms with E-state index < -0.39 is 5.60 Å². The van der Waals surface area contributed by atoms with Crippen molar-refractivity contribution < 1.29 is 9.94 Å². The largest absolute Gasteiger partial charge is 0.399 e. The molecular formula is C50H55Cl4N5O2. The molecule has 0 radical (unpaired) electrons. The van der Waals surface area contributed by atoms with Crippen LogP contribution < -0.4 is 0 Å². The van der Waals surface area contributed by atoms with Crippen molar-refractivity contribution in [2.24, 2.45) is 11.1 Å². The Kier molecular flexibility index (Phi) is 18.1. The van der Waals surface area contributed by atoms with E-state index in [9.17, 15) is 5.11 Å². The summed E-state index contributed by atoms with van der Waals surface area (Å²) in [4.78, 5) is 19.6. The number of nitrogens with zero attached hydrogens (tertiary/aromatic N) is 5. The first-order chi connectivity index (χ1) is 29.3. The molecule has 7 rings (SSSR count). The molecule has 0 amide bonds. The number of hydrogen-bond acceptors (Lipinski definition) is 7. The van der Waals surface area contributed by atoms with Crippen LogP contribution in [0, 0.1) is 5.92 Å². The SMILES string of the molecule is CC(Cc1ccc(C(C)(C)C)cc1)CN1CCCCC1.CON=C(Cc1cccnc1)c1ccc(Cl)cc1Cl.OC(c1ccc(Cl)cc1)(c1cncnc1)c1ccccc1Cl. The van der Waals surface area contributed by atoms with Crippen LogP contribution in [0.2, 0.25) is 20.1 Å². The number of likely N-dealkylation sites (tertiary alicyclic amines) is 1. The van der Waals surface area contributed by atoms with E-state index in [1.54, 1.807) is 73.3 Å². The highest BCUT2D eigenvalue weighted by molar-refractivity contribution is 6.37. The zero-order chi connectivity index (χ0) is 43.8. The van der Waals surface area contributed by atoms with E-state index in [2.05, 4.69) is 77.0 Å². The first-order valence-corrected chi connectivity index (χ1v) is 22.0. The minimum absolute atomic E-state index is 0.262. The van der Waals surface area contributed by atoms with Crippen molar-refractivity contribution in [3.05, 3.63) is 193 Å². The molecule has 1 aliphatic rings. The lowest BCUT2D eigenvalue weighted by Gasteiger charge is -2.30. The second-order valence-corrected chi connectivity index (χ2v) is 18.0. The van der Waals surface area contributed by atoms with Gasteiger partial charge < -0.3 is 14.8 Å². The molecule has 7 nitrogen and oxygen atoms in total. The molecule has 2 aromatic heterocycles. The van der Waals surface area contributed by atoms with Crippen LogP contribution in [-0.2, 0) is 28.7 Å². The van der Waals surface area contributed by atoms with E-state index >= 15 is 0 Å². The Morgan fingerprint density at radius 1 is 0.721 bits per heavy atom. The van der Waals surface area contributed by atoms with E-state index in [1.165, 1.54) is 69.9 Å². The van der Waals surface area contributed by atoms with E-state index in [0.717, 1.165) is 22.8 Å². The molecule has 0 spiro atoms. The van der Waals surface area contributed by atoms with Gasteiger partial charge in [-0.3, -0.25) is 4.98 Å². The molecule has 3 heterocycles. The van der Waals surface area contributed by atoms with Gasteiger partial charge in [0, 0.05) is 69.5 Å². The second kappa shape index (κ2) is 23.2. The normalized spacial score (nSPS) is 14.7. The highest BCUT2D eigenvalue weighted by atomic mass is 35.5. The summed E-state index contributed by atoms with van der Waals surface area (Å²) >= 11 is 24.3. The fourth-order valence-corrected chi connectivity index (χ4v) is 8.22. The van der Waals surface area contributed by atoms with Crippen LogP contribution >= 0.6 is 46.4 Å². The number of pyridine rings is 1. The van der Waals surface area contributed by atoms with Crippen molar-refractivity contribution in [1.29, 1.82) is 0 Å². The molecule has 1 saturated heterocycles. The van der Waals surface area contributed by atoms with Crippen molar-refractivity contribution in [1.82, 2.24) is 19.9 Å². The van der Waals surface area contributed by atoms with E-state index in [0.29, 0.717) is 43.2 Å². The van der Waals surface area contributed by atoms with E-state index in [-0.39, 0.29) is 5.41 Å². The number of hydrogen-bond donors (Lipinski definition) is 1. The van der Waals surface area contributed by atoms with Crippen molar-refractivity contribution in [2.45, 2.75) is 70.8 Å². The summed E-state index contributed by atoms with van der Waals surface area (Å²) in [6.07, 6.45) is 14.1. The van der Waals surface area contributed by atoms with Gasteiger partial charge in [0.1, 0.15) is 19.0 Å². The number of oxime groups is 1. The number of rotatable bonds is 11. The summed E-state index contributed by atoms with van der Waals surface area (Å²) < 4.78 is 0. The van der Waals surface area contributed by atoms with E-state index in [1.807, 2.05) is 30.3 Å². The summed E-state index contributed by atoms with van der Waals surface area (Å²) in [7, 11) is 1.51. The molecule has 0 aliphatic carbocycles. The average Bonchev–Trinajstić information content (AvgIpc) is 3.25. The van der Waals surface area contributed by atoms with E-state index in [4.69, 9.17) is 51.2 Å². The Balaban J connectivity index is 0.000000174. The smallest absolute Gasteiger partial charge is 0.144 e. The van der Waals surface area contributed by atoms with Gasteiger partial charge in [0.15, 0.2) is 0 Å². The predicted molar refractivity (Wildman–Crippen MR) is 253 cm³/mol. The first kappa shape index (κ1) is 47.7. The molecular weight excluding hydrogens is 844 g/mol. The molecule has 11 heteroatoms. The highest BCUT2D eigenvalue weighted by Gasteiger charge is 2.36.